The molecule has 0 radical (unpaired) electrons. The first-order chi connectivity index (χ1) is 4.57. The second-order valence-electron chi connectivity index (χ2n) is 2.27. The fourth-order valence-electron chi connectivity index (χ4n) is 0.459. The van der Waals surface area contributed by atoms with Crippen LogP contribution >= 0.6 is 0 Å². The monoisotopic (exact) mass is 144 g/mol. The van der Waals surface area contributed by atoms with Crippen LogP contribution in [0.2, 0.25) is 0 Å². The molecule has 0 fully saturated rings. The molecule has 0 saturated heterocycles. The summed E-state index contributed by atoms with van der Waals surface area (Å²) in [7, 11) is 0. The van der Waals surface area contributed by atoms with Crippen LogP contribution in [-0.2, 0) is 9.59 Å². The Morgan fingerprint density at radius 1 is 1.60 bits per heavy atom. The summed E-state index contributed by atoms with van der Waals surface area (Å²) in [6.45, 7) is 4.98. The minimum Gasteiger partial charge on any atom is -0.277 e. The zero-order chi connectivity index (χ0) is 8.15. The number of rotatable bonds is 3. The molecule has 58 valence electrons. The van der Waals surface area contributed by atoms with Gasteiger partial charge in [-0.1, -0.05) is 0 Å². The van der Waals surface area contributed by atoms with Crippen LogP contribution in [-0.4, -0.2) is 23.4 Å². The molecule has 0 spiro atoms. The van der Waals surface area contributed by atoms with Crippen LogP contribution in [0.25, 0.3) is 0 Å². The van der Waals surface area contributed by atoms with E-state index < -0.39 is 0 Å². The predicted molar refractivity (Wildman–Crippen MR) is 36.9 cm³/mol. The third-order valence-corrected chi connectivity index (χ3v) is 0.956. The van der Waals surface area contributed by atoms with Crippen molar-refractivity contribution in [3.05, 3.63) is 0 Å². The Kier molecular flexibility index (Phi) is 3.46. The molecule has 0 saturated carbocycles. The molecule has 4 heteroatoms. The Morgan fingerprint density at radius 2 is 2.10 bits per heavy atom. The van der Waals surface area contributed by atoms with Gasteiger partial charge < -0.3 is 0 Å². The highest BCUT2D eigenvalue weighted by Crippen LogP contribution is 1.87. The number of hydrogen-bond donors (Lipinski definition) is 1. The van der Waals surface area contributed by atoms with Gasteiger partial charge in [-0.15, -0.1) is 0 Å². The zero-order valence-electron chi connectivity index (χ0n) is 6.42. The maximum absolute atomic E-state index is 10.4. The fourth-order valence-corrected chi connectivity index (χ4v) is 0.459. The highest BCUT2D eigenvalue weighted by Gasteiger charge is 2.05. The highest BCUT2D eigenvalue weighted by atomic mass is 16.2. The summed E-state index contributed by atoms with van der Waals surface area (Å²) in [4.78, 5) is 20.6. The van der Waals surface area contributed by atoms with Crippen LogP contribution in [0.4, 0.5) is 0 Å². The van der Waals surface area contributed by atoms with E-state index in [1.165, 1.54) is 11.9 Å². The molecule has 0 aliphatic rings. The lowest BCUT2D eigenvalue weighted by molar-refractivity contribution is -0.133. The summed E-state index contributed by atoms with van der Waals surface area (Å²) in [5.41, 5.74) is 2.36. The molecule has 10 heavy (non-hydrogen) atoms. The lowest BCUT2D eigenvalue weighted by atomic mass is 10.4. The minimum atomic E-state index is -0.235. The molecule has 0 bridgehead atoms. The highest BCUT2D eigenvalue weighted by molar-refractivity contribution is 5.73. The van der Waals surface area contributed by atoms with Crippen molar-refractivity contribution in [1.29, 1.82) is 0 Å². The van der Waals surface area contributed by atoms with Gasteiger partial charge in [-0.2, -0.15) is 0 Å². The Labute approximate surface area is 60.2 Å². The third kappa shape index (κ3) is 3.06. The molecule has 0 heterocycles. The molecule has 1 N–H and O–H groups in total. The minimum absolute atomic E-state index is 0.00130. The van der Waals surface area contributed by atoms with E-state index in [1.54, 1.807) is 0 Å². The van der Waals surface area contributed by atoms with Gasteiger partial charge in [-0.3, -0.25) is 20.0 Å². The van der Waals surface area contributed by atoms with E-state index in [0.29, 0.717) is 6.41 Å². The summed E-state index contributed by atoms with van der Waals surface area (Å²) < 4.78 is 0. The fraction of sp³-hybridized carbons (Fsp3) is 0.667. The Bertz CT molecular complexity index is 134. The molecule has 0 atom stereocenters. The summed E-state index contributed by atoms with van der Waals surface area (Å²) in [5.74, 6) is -0.235. The Balaban J connectivity index is 3.83. The summed E-state index contributed by atoms with van der Waals surface area (Å²) in [6.07, 6.45) is 0.589. The lowest BCUT2D eigenvalue weighted by Crippen LogP contribution is -2.44. The predicted octanol–water partition coefficient (Wildman–Crippen LogP) is -0.0957. The van der Waals surface area contributed by atoms with Gasteiger partial charge in [0.15, 0.2) is 0 Å². The van der Waals surface area contributed by atoms with Crippen molar-refractivity contribution >= 4 is 12.3 Å². The zero-order valence-corrected chi connectivity index (χ0v) is 6.42. The summed E-state index contributed by atoms with van der Waals surface area (Å²) in [6, 6.07) is 0.00130. The Morgan fingerprint density at radius 3 is 2.20 bits per heavy atom. The number of amides is 2. The number of nitrogens with one attached hydrogen (secondary N) is 1. The molecule has 0 aromatic rings. The topological polar surface area (TPSA) is 49.4 Å². The quantitative estimate of drug-likeness (QED) is 0.444. The molecule has 0 aromatic heterocycles. The van der Waals surface area contributed by atoms with Crippen molar-refractivity contribution in [1.82, 2.24) is 10.4 Å². The molecule has 0 unspecified atom stereocenters. The maximum atomic E-state index is 10.4. The van der Waals surface area contributed by atoms with Gasteiger partial charge in [0.2, 0.25) is 12.3 Å². The van der Waals surface area contributed by atoms with Gasteiger partial charge in [-0.05, 0) is 13.8 Å². The number of carbonyl (C=O) groups is 2. The van der Waals surface area contributed by atoms with Crippen LogP contribution in [0.15, 0.2) is 0 Å². The summed E-state index contributed by atoms with van der Waals surface area (Å²) in [5, 5.41) is 1.21. The molecular formula is C6H12N2O2. The first-order valence-electron chi connectivity index (χ1n) is 3.08. The standard InChI is InChI=1S/C6H12N2O2/c1-5(2)8(4-9)7-6(3)10/h4-5H,1-3H3,(H,7,10). The van der Waals surface area contributed by atoms with Crippen LogP contribution < -0.4 is 5.43 Å². The van der Waals surface area contributed by atoms with E-state index in [4.69, 9.17) is 0 Å². The Hall–Kier alpha value is -1.06. The molecule has 0 aromatic carbocycles. The van der Waals surface area contributed by atoms with Gasteiger partial charge in [0.05, 0.1) is 0 Å². The largest absolute Gasteiger partial charge is 0.277 e. The molecule has 4 nitrogen and oxygen atoms in total. The van der Waals surface area contributed by atoms with E-state index >= 15 is 0 Å². The van der Waals surface area contributed by atoms with E-state index in [0.717, 1.165) is 0 Å². The average molecular weight is 144 g/mol. The van der Waals surface area contributed by atoms with Crippen molar-refractivity contribution in [3.8, 4) is 0 Å². The van der Waals surface area contributed by atoms with Crippen molar-refractivity contribution in [2.24, 2.45) is 0 Å². The van der Waals surface area contributed by atoms with E-state index in [2.05, 4.69) is 5.43 Å². The van der Waals surface area contributed by atoms with Gasteiger partial charge in [0, 0.05) is 13.0 Å². The number of hydrogen-bond acceptors (Lipinski definition) is 2. The number of carbonyl (C=O) groups excluding carboxylic acids is 2. The van der Waals surface area contributed by atoms with Crippen LogP contribution in [0.5, 0.6) is 0 Å². The second-order valence-corrected chi connectivity index (χ2v) is 2.27. The summed E-state index contributed by atoms with van der Waals surface area (Å²) >= 11 is 0. The van der Waals surface area contributed by atoms with E-state index in [-0.39, 0.29) is 11.9 Å². The third-order valence-electron chi connectivity index (χ3n) is 0.956. The maximum Gasteiger partial charge on any atom is 0.235 e. The van der Waals surface area contributed by atoms with Gasteiger partial charge >= 0.3 is 0 Å². The van der Waals surface area contributed by atoms with Crippen molar-refractivity contribution < 1.29 is 9.59 Å². The molecule has 0 aliphatic heterocycles. The van der Waals surface area contributed by atoms with Gasteiger partial charge in [0.1, 0.15) is 0 Å². The average Bonchev–Trinajstić information content (AvgIpc) is 1.81. The first-order valence-corrected chi connectivity index (χ1v) is 3.08. The van der Waals surface area contributed by atoms with Crippen molar-refractivity contribution in [3.63, 3.8) is 0 Å². The van der Waals surface area contributed by atoms with Gasteiger partial charge in [-0.25, -0.2) is 0 Å². The number of hydrazine groups is 1. The van der Waals surface area contributed by atoms with Crippen LogP contribution in [0.1, 0.15) is 20.8 Å². The second kappa shape index (κ2) is 3.87. The van der Waals surface area contributed by atoms with E-state index in [1.807, 2.05) is 13.8 Å². The van der Waals surface area contributed by atoms with Crippen LogP contribution in [0.3, 0.4) is 0 Å². The molecular weight excluding hydrogens is 132 g/mol. The molecule has 2 amide bonds. The number of nitrogens with zero attached hydrogens (tertiary/aromatic N) is 1. The molecule has 0 aliphatic carbocycles. The van der Waals surface area contributed by atoms with E-state index in [9.17, 15) is 9.59 Å². The van der Waals surface area contributed by atoms with Crippen LogP contribution in [0, 0.1) is 0 Å². The normalized spacial score (nSPS) is 9.20. The van der Waals surface area contributed by atoms with Crippen molar-refractivity contribution in [2.75, 3.05) is 0 Å². The lowest BCUT2D eigenvalue weighted by Gasteiger charge is -2.20. The molecule has 0 rings (SSSR count). The smallest absolute Gasteiger partial charge is 0.235 e. The van der Waals surface area contributed by atoms with Crippen molar-refractivity contribution in [2.45, 2.75) is 26.8 Å². The first kappa shape index (κ1) is 8.94. The van der Waals surface area contributed by atoms with Gasteiger partial charge in [0.25, 0.3) is 0 Å². The SMILES string of the molecule is CC(=O)NN(C=O)C(C)C.